The minimum Gasteiger partial charge on any atom is -0.304 e. The van der Waals surface area contributed by atoms with E-state index >= 15 is 0 Å². The van der Waals surface area contributed by atoms with Gasteiger partial charge in [0.1, 0.15) is 5.82 Å². The molecule has 1 unspecified atom stereocenters. The highest BCUT2D eigenvalue weighted by Gasteiger charge is 2.18. The Morgan fingerprint density at radius 3 is 2.75 bits per heavy atom. The Hall–Kier alpha value is -1.78. The Kier molecular flexibility index (Phi) is 3.76. The van der Waals surface area contributed by atoms with Crippen LogP contribution in [0.2, 0.25) is 0 Å². The summed E-state index contributed by atoms with van der Waals surface area (Å²) in [7, 11) is 0. The molecule has 0 aliphatic carbocycles. The zero-order valence-electron chi connectivity index (χ0n) is 11.6. The van der Waals surface area contributed by atoms with Crippen LogP contribution < -0.4 is 5.32 Å². The maximum Gasteiger partial charge on any atom is 0.149 e. The molecule has 3 aromatic rings. The van der Waals surface area contributed by atoms with Crippen molar-refractivity contribution in [2.75, 3.05) is 6.54 Å². The van der Waals surface area contributed by atoms with Gasteiger partial charge < -0.3 is 5.32 Å². The molecule has 3 nitrogen and oxygen atoms in total. The fourth-order valence-corrected chi connectivity index (χ4v) is 3.28. The molecule has 0 aliphatic heterocycles. The second-order valence-electron chi connectivity index (χ2n) is 4.80. The van der Waals surface area contributed by atoms with E-state index in [9.17, 15) is 0 Å². The number of aryl methyl sites for hydroxylation is 1. The van der Waals surface area contributed by atoms with Crippen LogP contribution in [0, 0.1) is 6.92 Å². The van der Waals surface area contributed by atoms with Crippen LogP contribution in [0.1, 0.15) is 29.9 Å². The van der Waals surface area contributed by atoms with Crippen molar-refractivity contribution in [3.8, 4) is 0 Å². The first kappa shape index (κ1) is 13.2. The second-order valence-corrected chi connectivity index (χ2v) is 5.71. The lowest BCUT2D eigenvalue weighted by atomic mass is 10.0. The smallest absolute Gasteiger partial charge is 0.149 e. The Morgan fingerprint density at radius 2 is 2.00 bits per heavy atom. The van der Waals surface area contributed by atoms with Gasteiger partial charge >= 0.3 is 0 Å². The fourth-order valence-electron chi connectivity index (χ4n) is 2.34. The molecule has 0 bridgehead atoms. The molecule has 3 rings (SSSR count). The predicted molar refractivity (Wildman–Crippen MR) is 84.1 cm³/mol. The lowest BCUT2D eigenvalue weighted by Crippen LogP contribution is -2.24. The third-order valence-corrected chi connectivity index (χ3v) is 4.27. The van der Waals surface area contributed by atoms with Crippen molar-refractivity contribution in [1.82, 2.24) is 15.3 Å². The molecule has 0 saturated carbocycles. The normalized spacial score (nSPS) is 12.7. The quantitative estimate of drug-likeness (QED) is 0.793. The van der Waals surface area contributed by atoms with Crippen LogP contribution in [0.3, 0.4) is 0 Å². The van der Waals surface area contributed by atoms with E-state index in [1.165, 1.54) is 15.6 Å². The molecule has 1 aromatic carbocycles. The SMILES string of the molecule is CCNC(c1ncc(C)cn1)c1cccc2ccsc12. The number of hydrogen-bond acceptors (Lipinski definition) is 4. The number of aromatic nitrogens is 2. The van der Waals surface area contributed by atoms with Gasteiger partial charge in [-0.25, -0.2) is 9.97 Å². The van der Waals surface area contributed by atoms with Crippen molar-refractivity contribution in [3.63, 3.8) is 0 Å². The third kappa shape index (κ3) is 2.44. The number of nitrogens with zero attached hydrogens (tertiary/aromatic N) is 2. The highest BCUT2D eigenvalue weighted by Crippen LogP contribution is 2.31. The number of nitrogens with one attached hydrogen (secondary N) is 1. The van der Waals surface area contributed by atoms with E-state index < -0.39 is 0 Å². The fraction of sp³-hybridized carbons (Fsp3) is 0.250. The summed E-state index contributed by atoms with van der Waals surface area (Å²) in [6.07, 6.45) is 3.75. The maximum absolute atomic E-state index is 4.50. The average molecular weight is 283 g/mol. The highest BCUT2D eigenvalue weighted by molar-refractivity contribution is 7.17. The molecule has 2 heterocycles. The largest absolute Gasteiger partial charge is 0.304 e. The van der Waals surface area contributed by atoms with Crippen LogP contribution in [0.4, 0.5) is 0 Å². The molecule has 0 saturated heterocycles. The predicted octanol–water partition coefficient (Wildman–Crippen LogP) is 3.70. The minimum absolute atomic E-state index is 0.0444. The van der Waals surface area contributed by atoms with Gasteiger partial charge in [-0.1, -0.05) is 25.1 Å². The first-order valence-electron chi connectivity index (χ1n) is 6.77. The van der Waals surface area contributed by atoms with Gasteiger partial charge in [0, 0.05) is 17.1 Å². The lowest BCUT2D eigenvalue weighted by Gasteiger charge is -2.17. The van der Waals surface area contributed by atoms with Crippen molar-refractivity contribution in [2.45, 2.75) is 19.9 Å². The number of thiophene rings is 1. The Labute approximate surface area is 122 Å². The zero-order chi connectivity index (χ0) is 13.9. The summed E-state index contributed by atoms with van der Waals surface area (Å²) in [5.74, 6) is 0.832. The van der Waals surface area contributed by atoms with Gasteiger partial charge in [0.25, 0.3) is 0 Å². The van der Waals surface area contributed by atoms with Crippen LogP contribution in [0.25, 0.3) is 10.1 Å². The molecule has 1 N–H and O–H groups in total. The maximum atomic E-state index is 4.50. The summed E-state index contributed by atoms with van der Waals surface area (Å²) < 4.78 is 1.31. The molecule has 4 heteroatoms. The lowest BCUT2D eigenvalue weighted by molar-refractivity contribution is 0.600. The molecule has 0 spiro atoms. The number of fused-ring (bicyclic) bond motifs is 1. The monoisotopic (exact) mass is 283 g/mol. The summed E-state index contributed by atoms with van der Waals surface area (Å²) in [6, 6.07) is 8.61. The minimum atomic E-state index is 0.0444. The number of benzene rings is 1. The molecular formula is C16H17N3S. The van der Waals surface area contributed by atoms with E-state index in [4.69, 9.17) is 0 Å². The van der Waals surface area contributed by atoms with Gasteiger partial charge in [-0.05, 0) is 41.4 Å². The summed E-state index contributed by atoms with van der Waals surface area (Å²) in [5.41, 5.74) is 2.33. The van der Waals surface area contributed by atoms with Gasteiger partial charge in [0.05, 0.1) is 6.04 Å². The van der Waals surface area contributed by atoms with Crippen molar-refractivity contribution < 1.29 is 0 Å². The van der Waals surface area contributed by atoms with Gasteiger partial charge in [-0.3, -0.25) is 0 Å². The van der Waals surface area contributed by atoms with Crippen LogP contribution in [-0.4, -0.2) is 16.5 Å². The third-order valence-electron chi connectivity index (χ3n) is 3.29. The molecular weight excluding hydrogens is 266 g/mol. The Bertz CT molecular complexity index is 703. The molecule has 0 fully saturated rings. The van der Waals surface area contributed by atoms with Crippen LogP contribution in [-0.2, 0) is 0 Å². The number of hydrogen-bond donors (Lipinski definition) is 1. The van der Waals surface area contributed by atoms with Crippen molar-refractivity contribution in [2.24, 2.45) is 0 Å². The summed E-state index contributed by atoms with van der Waals surface area (Å²) in [6.45, 7) is 4.99. The van der Waals surface area contributed by atoms with E-state index in [-0.39, 0.29) is 6.04 Å². The summed E-state index contributed by atoms with van der Waals surface area (Å²) in [5, 5.41) is 6.91. The van der Waals surface area contributed by atoms with E-state index in [1.807, 2.05) is 19.3 Å². The van der Waals surface area contributed by atoms with Gasteiger partial charge in [-0.2, -0.15) is 0 Å². The van der Waals surface area contributed by atoms with Crippen molar-refractivity contribution in [1.29, 1.82) is 0 Å². The second kappa shape index (κ2) is 5.69. The van der Waals surface area contributed by atoms with E-state index in [0.29, 0.717) is 0 Å². The zero-order valence-corrected chi connectivity index (χ0v) is 12.4. The molecule has 0 radical (unpaired) electrons. The summed E-state index contributed by atoms with van der Waals surface area (Å²) >= 11 is 1.77. The highest BCUT2D eigenvalue weighted by atomic mass is 32.1. The molecule has 0 aliphatic rings. The van der Waals surface area contributed by atoms with Crippen LogP contribution in [0.15, 0.2) is 42.0 Å². The topological polar surface area (TPSA) is 37.8 Å². The average Bonchev–Trinajstić information content (AvgIpc) is 2.94. The van der Waals surface area contributed by atoms with E-state index in [0.717, 1.165) is 17.9 Å². The molecule has 102 valence electrons. The molecule has 2 aromatic heterocycles. The Balaban J connectivity index is 2.10. The Morgan fingerprint density at radius 1 is 1.20 bits per heavy atom. The number of rotatable bonds is 4. The molecule has 0 amide bonds. The van der Waals surface area contributed by atoms with Gasteiger partial charge in [0.15, 0.2) is 0 Å². The molecule has 1 atom stereocenters. The van der Waals surface area contributed by atoms with Crippen molar-refractivity contribution >= 4 is 21.4 Å². The van der Waals surface area contributed by atoms with Crippen LogP contribution in [0.5, 0.6) is 0 Å². The summed E-state index contributed by atoms with van der Waals surface area (Å²) in [4.78, 5) is 8.99. The van der Waals surface area contributed by atoms with Gasteiger partial charge in [-0.15, -0.1) is 11.3 Å². The van der Waals surface area contributed by atoms with Gasteiger partial charge in [0.2, 0.25) is 0 Å². The van der Waals surface area contributed by atoms with Crippen molar-refractivity contribution in [3.05, 3.63) is 59.0 Å². The van der Waals surface area contributed by atoms with E-state index in [1.54, 1.807) is 11.3 Å². The first-order valence-corrected chi connectivity index (χ1v) is 7.65. The van der Waals surface area contributed by atoms with E-state index in [2.05, 4.69) is 51.9 Å². The first-order chi connectivity index (χ1) is 9.79. The standard InChI is InChI=1S/C16H17N3S/c1-3-17-14(16-18-9-11(2)10-19-16)13-6-4-5-12-7-8-20-15(12)13/h4-10,14,17H,3H2,1-2H3. The molecule has 20 heavy (non-hydrogen) atoms. The van der Waals surface area contributed by atoms with Crippen LogP contribution >= 0.6 is 11.3 Å².